The van der Waals surface area contributed by atoms with Gasteiger partial charge in [0.05, 0.1) is 24.4 Å². The minimum absolute atomic E-state index is 0.0418. The van der Waals surface area contributed by atoms with E-state index < -0.39 is 17.7 Å². The zero-order valence-corrected chi connectivity index (χ0v) is 19.0. The maximum absolute atomic E-state index is 13.3. The highest BCUT2D eigenvalue weighted by atomic mass is 16.5. The Morgan fingerprint density at radius 3 is 2.17 bits per heavy atom. The molecule has 1 atom stereocenters. The van der Waals surface area contributed by atoms with Crippen molar-refractivity contribution < 1.29 is 19.4 Å². The van der Waals surface area contributed by atoms with Crippen molar-refractivity contribution in [2.75, 3.05) is 12.0 Å². The Kier molecular flexibility index (Phi) is 5.85. The lowest BCUT2D eigenvalue weighted by Gasteiger charge is -2.25. The fraction of sp³-hybridized carbons (Fsp3) is 0.0690. The van der Waals surface area contributed by atoms with Crippen LogP contribution in [0.25, 0.3) is 17.0 Å². The number of aliphatic hydroxyl groups is 1. The van der Waals surface area contributed by atoms with Gasteiger partial charge in [-0.2, -0.15) is 0 Å². The fourth-order valence-corrected chi connectivity index (χ4v) is 4.28. The van der Waals surface area contributed by atoms with Crippen LogP contribution in [-0.2, 0) is 9.59 Å². The van der Waals surface area contributed by atoms with Crippen molar-refractivity contribution in [3.8, 4) is 17.0 Å². The van der Waals surface area contributed by atoms with Crippen molar-refractivity contribution in [3.05, 3.63) is 120 Å². The summed E-state index contributed by atoms with van der Waals surface area (Å²) in [4.78, 5) is 32.3. The van der Waals surface area contributed by atoms with E-state index in [4.69, 9.17) is 4.74 Å². The summed E-state index contributed by atoms with van der Waals surface area (Å²) in [5, 5.41) is 11.2. The number of aliphatic hydroxyl groups excluding tert-OH is 1. The van der Waals surface area contributed by atoms with Crippen LogP contribution < -0.4 is 9.64 Å². The van der Waals surface area contributed by atoms with Crippen LogP contribution in [0.15, 0.2) is 109 Å². The molecule has 1 saturated heterocycles. The van der Waals surface area contributed by atoms with Gasteiger partial charge in [-0.3, -0.25) is 19.5 Å². The number of pyridine rings is 1. The van der Waals surface area contributed by atoms with Crippen molar-refractivity contribution in [2.45, 2.75) is 6.04 Å². The summed E-state index contributed by atoms with van der Waals surface area (Å²) >= 11 is 0. The van der Waals surface area contributed by atoms with Crippen LogP contribution in [0.1, 0.15) is 17.2 Å². The molecular weight excluding hydrogens is 440 g/mol. The molecule has 3 aromatic carbocycles. The number of ether oxygens (including phenoxy) is 1. The van der Waals surface area contributed by atoms with E-state index in [1.165, 1.54) is 4.90 Å². The summed E-state index contributed by atoms with van der Waals surface area (Å²) in [5.41, 5.74) is 3.43. The number of carbonyl (C=O) groups is 2. The Hall–Kier alpha value is -4.71. The highest BCUT2D eigenvalue weighted by Crippen LogP contribution is 2.42. The first-order valence-electron chi connectivity index (χ1n) is 11.1. The third-order valence-corrected chi connectivity index (χ3v) is 6.03. The van der Waals surface area contributed by atoms with E-state index in [1.807, 2.05) is 60.7 Å². The molecule has 0 bridgehead atoms. The third-order valence-electron chi connectivity index (χ3n) is 6.03. The van der Waals surface area contributed by atoms with E-state index in [-0.39, 0.29) is 11.3 Å². The van der Waals surface area contributed by atoms with Crippen LogP contribution >= 0.6 is 0 Å². The number of nitrogens with zero attached hydrogens (tertiary/aromatic N) is 2. The smallest absolute Gasteiger partial charge is 0.300 e. The predicted octanol–water partition coefficient (Wildman–Crippen LogP) is 5.38. The number of aromatic nitrogens is 1. The van der Waals surface area contributed by atoms with Crippen molar-refractivity contribution in [2.24, 2.45) is 0 Å². The van der Waals surface area contributed by atoms with E-state index >= 15 is 0 Å². The van der Waals surface area contributed by atoms with Crippen LogP contribution in [0.2, 0.25) is 0 Å². The summed E-state index contributed by atoms with van der Waals surface area (Å²) in [6.45, 7) is 0. The number of hydrogen-bond acceptors (Lipinski definition) is 5. The monoisotopic (exact) mass is 462 g/mol. The van der Waals surface area contributed by atoms with E-state index in [9.17, 15) is 14.7 Å². The normalized spacial score (nSPS) is 16.9. The molecule has 6 nitrogen and oxygen atoms in total. The predicted molar refractivity (Wildman–Crippen MR) is 134 cm³/mol. The van der Waals surface area contributed by atoms with E-state index in [2.05, 4.69) is 4.98 Å². The first-order valence-corrected chi connectivity index (χ1v) is 11.1. The van der Waals surface area contributed by atoms with Crippen molar-refractivity contribution in [1.29, 1.82) is 0 Å². The van der Waals surface area contributed by atoms with E-state index in [0.29, 0.717) is 17.0 Å². The molecule has 6 heteroatoms. The summed E-state index contributed by atoms with van der Waals surface area (Å²) in [5.74, 6) is -1.04. The summed E-state index contributed by atoms with van der Waals surface area (Å²) in [7, 11) is 1.55. The van der Waals surface area contributed by atoms with Gasteiger partial charge in [0.25, 0.3) is 11.7 Å². The molecule has 5 rings (SSSR count). The summed E-state index contributed by atoms with van der Waals surface area (Å²) in [6, 6.07) is 28.1. The Morgan fingerprint density at radius 2 is 1.54 bits per heavy atom. The minimum Gasteiger partial charge on any atom is -0.507 e. The van der Waals surface area contributed by atoms with E-state index in [0.717, 1.165) is 16.8 Å². The van der Waals surface area contributed by atoms with Gasteiger partial charge in [0.15, 0.2) is 0 Å². The third kappa shape index (κ3) is 4.06. The van der Waals surface area contributed by atoms with Crippen LogP contribution in [0.3, 0.4) is 0 Å². The number of hydrogen-bond donors (Lipinski definition) is 1. The van der Waals surface area contributed by atoms with Crippen LogP contribution in [0.5, 0.6) is 5.75 Å². The second-order valence-corrected chi connectivity index (χ2v) is 8.07. The number of methoxy groups -OCH3 is 1. The standard InChI is InChI=1S/C29H22N2O4/c1-35-23-16-12-21(13-17-23)27(32)25-26(20-7-3-2-4-8-20)31(29(34)28(25)33)22-14-10-19(11-15-22)24-9-5-6-18-30-24/h2-18,26,32H,1H3/b27-25-. The molecule has 172 valence electrons. The first-order chi connectivity index (χ1) is 17.1. The van der Waals surface area contributed by atoms with Gasteiger partial charge in [-0.05, 0) is 54.1 Å². The lowest BCUT2D eigenvalue weighted by atomic mass is 9.95. The van der Waals surface area contributed by atoms with E-state index in [1.54, 1.807) is 49.7 Å². The fourth-order valence-electron chi connectivity index (χ4n) is 4.28. The van der Waals surface area contributed by atoms with Crippen molar-refractivity contribution in [3.63, 3.8) is 0 Å². The SMILES string of the molecule is COc1ccc(/C(O)=C2/C(=O)C(=O)N(c3ccc(-c4ccccn4)cc3)C2c2ccccc2)cc1. The zero-order chi connectivity index (χ0) is 24.4. The number of ketones is 1. The van der Waals surface area contributed by atoms with Gasteiger partial charge in [-0.25, -0.2) is 0 Å². The first kappa shape index (κ1) is 22.1. The lowest BCUT2D eigenvalue weighted by Crippen LogP contribution is -2.29. The second kappa shape index (κ2) is 9.27. The molecular formula is C29H22N2O4. The van der Waals surface area contributed by atoms with Crippen LogP contribution in [-0.4, -0.2) is 28.9 Å². The Bertz CT molecular complexity index is 1400. The van der Waals surface area contributed by atoms with Gasteiger partial charge >= 0.3 is 0 Å². The number of rotatable bonds is 5. The molecule has 1 aliphatic heterocycles. The second-order valence-electron chi connectivity index (χ2n) is 8.07. The molecule has 1 aromatic heterocycles. The Labute approximate surface area is 202 Å². The minimum atomic E-state index is -0.779. The average molecular weight is 463 g/mol. The molecule has 0 aliphatic carbocycles. The highest BCUT2D eigenvalue weighted by Gasteiger charge is 2.46. The van der Waals surface area contributed by atoms with Gasteiger partial charge in [0.1, 0.15) is 11.5 Å². The highest BCUT2D eigenvalue weighted by molar-refractivity contribution is 6.51. The summed E-state index contributed by atoms with van der Waals surface area (Å²) in [6.07, 6.45) is 1.72. The van der Waals surface area contributed by atoms with Crippen LogP contribution in [0, 0.1) is 0 Å². The maximum Gasteiger partial charge on any atom is 0.300 e. The molecule has 1 fully saturated rings. The molecule has 1 N–H and O–H groups in total. The quantitative estimate of drug-likeness (QED) is 0.245. The van der Waals surface area contributed by atoms with Gasteiger partial charge in [-0.15, -0.1) is 0 Å². The number of amides is 1. The molecule has 2 heterocycles. The zero-order valence-electron chi connectivity index (χ0n) is 19.0. The lowest BCUT2D eigenvalue weighted by molar-refractivity contribution is -0.132. The van der Waals surface area contributed by atoms with Crippen molar-refractivity contribution in [1.82, 2.24) is 4.98 Å². The molecule has 4 aromatic rings. The topological polar surface area (TPSA) is 79.7 Å². The molecule has 0 saturated carbocycles. The van der Waals surface area contributed by atoms with Crippen LogP contribution in [0.4, 0.5) is 5.69 Å². The van der Waals surface area contributed by atoms with Gasteiger partial charge in [0.2, 0.25) is 0 Å². The molecule has 1 amide bonds. The molecule has 35 heavy (non-hydrogen) atoms. The largest absolute Gasteiger partial charge is 0.507 e. The number of benzene rings is 3. The van der Waals surface area contributed by atoms with Crippen molar-refractivity contribution >= 4 is 23.1 Å². The van der Waals surface area contributed by atoms with Gasteiger partial charge in [-0.1, -0.05) is 48.5 Å². The number of anilines is 1. The maximum atomic E-state index is 13.3. The molecule has 1 unspecified atom stereocenters. The number of Topliss-reactive ketones (excluding diaryl/α,β-unsaturated/α-hetero) is 1. The van der Waals surface area contributed by atoms with Gasteiger partial charge < -0.3 is 9.84 Å². The Morgan fingerprint density at radius 1 is 0.857 bits per heavy atom. The molecule has 0 spiro atoms. The summed E-state index contributed by atoms with van der Waals surface area (Å²) < 4.78 is 5.19. The molecule has 0 radical (unpaired) electrons. The molecule has 1 aliphatic rings. The number of carbonyl (C=O) groups excluding carboxylic acids is 2. The van der Waals surface area contributed by atoms with Gasteiger partial charge in [0, 0.05) is 23.0 Å². The average Bonchev–Trinajstić information content (AvgIpc) is 3.19. The Balaban J connectivity index is 1.62.